The van der Waals surface area contributed by atoms with Crippen LogP contribution in [-0.2, 0) is 9.53 Å². The molecule has 3 rings (SSSR count). The van der Waals surface area contributed by atoms with E-state index in [1.807, 2.05) is 4.90 Å². The van der Waals surface area contributed by atoms with Crippen molar-refractivity contribution in [2.24, 2.45) is 5.92 Å². The third kappa shape index (κ3) is 3.27. The van der Waals surface area contributed by atoms with Crippen LogP contribution in [0.3, 0.4) is 0 Å². The molecule has 2 fully saturated rings. The van der Waals surface area contributed by atoms with Gasteiger partial charge in [0.15, 0.2) is 0 Å². The summed E-state index contributed by atoms with van der Waals surface area (Å²) in [5.41, 5.74) is 0.583. The molecule has 0 bridgehead atoms. The van der Waals surface area contributed by atoms with Crippen LogP contribution in [0.15, 0.2) is 24.5 Å². The first-order valence-corrected chi connectivity index (χ1v) is 7.83. The zero-order chi connectivity index (χ0) is 15.4. The second kappa shape index (κ2) is 6.87. The maximum Gasteiger partial charge on any atom is 0.251 e. The van der Waals surface area contributed by atoms with Gasteiger partial charge in [-0.3, -0.25) is 14.6 Å². The molecule has 1 saturated carbocycles. The summed E-state index contributed by atoms with van der Waals surface area (Å²) < 4.78 is 5.29. The molecule has 0 spiro atoms. The van der Waals surface area contributed by atoms with Crippen LogP contribution in [0.5, 0.6) is 0 Å². The van der Waals surface area contributed by atoms with Crippen molar-refractivity contribution in [2.45, 2.75) is 25.3 Å². The van der Waals surface area contributed by atoms with Gasteiger partial charge in [-0.15, -0.1) is 0 Å². The smallest absolute Gasteiger partial charge is 0.251 e. The minimum atomic E-state index is -0.130. The van der Waals surface area contributed by atoms with Crippen molar-refractivity contribution in [3.8, 4) is 0 Å². The van der Waals surface area contributed by atoms with E-state index in [9.17, 15) is 9.59 Å². The summed E-state index contributed by atoms with van der Waals surface area (Å²) in [5.74, 6) is -0.0845. The highest BCUT2D eigenvalue weighted by Crippen LogP contribution is 2.28. The summed E-state index contributed by atoms with van der Waals surface area (Å²) in [7, 11) is 0. The lowest BCUT2D eigenvalue weighted by Gasteiger charge is -2.31. The van der Waals surface area contributed by atoms with Gasteiger partial charge in [-0.25, -0.2) is 0 Å². The highest BCUT2D eigenvalue weighted by atomic mass is 16.5. The van der Waals surface area contributed by atoms with Gasteiger partial charge in [0, 0.05) is 37.1 Å². The number of nitrogens with zero attached hydrogens (tertiary/aromatic N) is 2. The van der Waals surface area contributed by atoms with Crippen molar-refractivity contribution >= 4 is 11.8 Å². The Hall–Kier alpha value is -1.95. The lowest BCUT2D eigenvalue weighted by molar-refractivity contribution is -0.140. The van der Waals surface area contributed by atoms with Crippen molar-refractivity contribution in [1.82, 2.24) is 15.2 Å². The molecule has 2 amide bonds. The maximum atomic E-state index is 12.6. The molecule has 1 aromatic rings. The third-order valence-electron chi connectivity index (χ3n) is 4.41. The molecule has 2 atom stereocenters. The third-order valence-corrected chi connectivity index (χ3v) is 4.41. The normalized spacial score (nSPS) is 25.0. The molecule has 1 aromatic heterocycles. The number of rotatable bonds is 3. The van der Waals surface area contributed by atoms with E-state index in [-0.39, 0.29) is 23.8 Å². The zero-order valence-electron chi connectivity index (χ0n) is 12.5. The van der Waals surface area contributed by atoms with E-state index in [1.54, 1.807) is 24.5 Å². The van der Waals surface area contributed by atoms with Crippen LogP contribution in [0.4, 0.5) is 0 Å². The fourth-order valence-electron chi connectivity index (χ4n) is 3.20. The maximum absolute atomic E-state index is 12.6. The van der Waals surface area contributed by atoms with Crippen LogP contribution in [0.25, 0.3) is 0 Å². The van der Waals surface area contributed by atoms with Gasteiger partial charge in [0.1, 0.15) is 0 Å². The summed E-state index contributed by atoms with van der Waals surface area (Å²) in [6, 6.07) is 3.29. The van der Waals surface area contributed by atoms with Crippen molar-refractivity contribution in [3.05, 3.63) is 30.1 Å². The number of morpholine rings is 1. The van der Waals surface area contributed by atoms with E-state index in [0.717, 1.165) is 19.3 Å². The monoisotopic (exact) mass is 303 g/mol. The first-order valence-electron chi connectivity index (χ1n) is 7.83. The average Bonchev–Trinajstić information content (AvgIpc) is 3.04. The van der Waals surface area contributed by atoms with Crippen LogP contribution in [0, 0.1) is 5.92 Å². The topological polar surface area (TPSA) is 71.5 Å². The Balaban J connectivity index is 1.63. The molecule has 2 aliphatic rings. The molecule has 6 nitrogen and oxygen atoms in total. The number of hydrogen-bond acceptors (Lipinski definition) is 4. The minimum absolute atomic E-state index is 0.0731. The van der Waals surface area contributed by atoms with Crippen LogP contribution in [-0.4, -0.2) is 54.0 Å². The number of amides is 2. The standard InChI is InChI=1S/C16H21N3O3/c20-15(12-4-6-17-7-5-12)18-14-3-1-2-13(14)16(21)19-8-10-22-11-9-19/h4-7,13-14H,1-3,8-11H2,(H,18,20)/t13-,14+/m0/s1. The summed E-state index contributed by atoms with van der Waals surface area (Å²) in [5, 5.41) is 3.02. The summed E-state index contributed by atoms with van der Waals surface area (Å²) >= 11 is 0. The average molecular weight is 303 g/mol. The molecular formula is C16H21N3O3. The second-order valence-corrected chi connectivity index (χ2v) is 5.79. The van der Waals surface area contributed by atoms with E-state index in [4.69, 9.17) is 4.74 Å². The number of hydrogen-bond donors (Lipinski definition) is 1. The lowest BCUT2D eigenvalue weighted by Crippen LogP contribution is -2.48. The molecule has 1 aliphatic heterocycles. The summed E-state index contributed by atoms with van der Waals surface area (Å²) in [4.78, 5) is 30.7. The molecule has 22 heavy (non-hydrogen) atoms. The highest BCUT2D eigenvalue weighted by molar-refractivity contribution is 5.94. The fraction of sp³-hybridized carbons (Fsp3) is 0.562. The first kappa shape index (κ1) is 15.0. The Labute approximate surface area is 129 Å². The lowest BCUT2D eigenvalue weighted by atomic mass is 10.0. The molecule has 1 N–H and O–H groups in total. The Morgan fingerprint density at radius 2 is 1.91 bits per heavy atom. The Bertz CT molecular complexity index is 529. The second-order valence-electron chi connectivity index (χ2n) is 5.79. The van der Waals surface area contributed by atoms with Gasteiger partial charge in [-0.2, -0.15) is 0 Å². The number of carbonyl (C=O) groups excluding carboxylic acids is 2. The van der Waals surface area contributed by atoms with E-state index in [1.165, 1.54) is 0 Å². The van der Waals surface area contributed by atoms with Crippen molar-refractivity contribution in [3.63, 3.8) is 0 Å². The highest BCUT2D eigenvalue weighted by Gasteiger charge is 2.36. The van der Waals surface area contributed by atoms with Crippen molar-refractivity contribution in [2.75, 3.05) is 26.3 Å². The van der Waals surface area contributed by atoms with Crippen LogP contribution in [0.1, 0.15) is 29.6 Å². The van der Waals surface area contributed by atoms with Crippen LogP contribution in [0.2, 0.25) is 0 Å². The zero-order valence-corrected chi connectivity index (χ0v) is 12.5. The van der Waals surface area contributed by atoms with E-state index < -0.39 is 0 Å². The number of carbonyl (C=O) groups is 2. The van der Waals surface area contributed by atoms with E-state index in [0.29, 0.717) is 31.9 Å². The van der Waals surface area contributed by atoms with Crippen LogP contribution < -0.4 is 5.32 Å². The number of ether oxygens (including phenoxy) is 1. The quantitative estimate of drug-likeness (QED) is 0.898. The molecule has 118 valence electrons. The molecular weight excluding hydrogens is 282 g/mol. The Kier molecular flexibility index (Phi) is 4.68. The minimum Gasteiger partial charge on any atom is -0.378 e. The first-order chi connectivity index (χ1) is 10.8. The predicted molar refractivity (Wildman–Crippen MR) is 80.2 cm³/mol. The number of aromatic nitrogens is 1. The van der Waals surface area contributed by atoms with Gasteiger partial charge < -0.3 is 15.0 Å². The van der Waals surface area contributed by atoms with Gasteiger partial charge in [0.25, 0.3) is 5.91 Å². The number of pyridine rings is 1. The molecule has 0 aromatic carbocycles. The van der Waals surface area contributed by atoms with Gasteiger partial charge in [-0.1, -0.05) is 6.42 Å². The summed E-state index contributed by atoms with van der Waals surface area (Å²) in [6.45, 7) is 2.51. The fourth-order valence-corrected chi connectivity index (χ4v) is 3.20. The van der Waals surface area contributed by atoms with Gasteiger partial charge in [-0.05, 0) is 25.0 Å². The predicted octanol–water partition coefficient (Wildman–Crippen LogP) is 0.839. The van der Waals surface area contributed by atoms with Gasteiger partial charge >= 0.3 is 0 Å². The Morgan fingerprint density at radius 3 is 2.64 bits per heavy atom. The van der Waals surface area contributed by atoms with E-state index >= 15 is 0 Å². The molecule has 6 heteroatoms. The molecule has 0 unspecified atom stereocenters. The molecule has 2 heterocycles. The van der Waals surface area contributed by atoms with Crippen LogP contribution >= 0.6 is 0 Å². The SMILES string of the molecule is O=C(N[C@@H]1CCC[C@@H]1C(=O)N1CCOCC1)c1ccncc1. The van der Waals surface area contributed by atoms with Crippen molar-refractivity contribution in [1.29, 1.82) is 0 Å². The van der Waals surface area contributed by atoms with Gasteiger partial charge in [0.05, 0.1) is 19.1 Å². The van der Waals surface area contributed by atoms with Gasteiger partial charge in [0.2, 0.25) is 5.91 Å². The summed E-state index contributed by atoms with van der Waals surface area (Å²) in [6.07, 6.45) is 5.87. The number of nitrogens with one attached hydrogen (secondary N) is 1. The molecule has 1 saturated heterocycles. The Morgan fingerprint density at radius 1 is 1.18 bits per heavy atom. The molecule has 1 aliphatic carbocycles. The van der Waals surface area contributed by atoms with Crippen molar-refractivity contribution < 1.29 is 14.3 Å². The largest absolute Gasteiger partial charge is 0.378 e. The van der Waals surface area contributed by atoms with E-state index in [2.05, 4.69) is 10.3 Å². The molecule has 0 radical (unpaired) electrons.